The SMILES string of the molecule is CC(=O)c1c(F)c(C(=O)Nc2ccc(F)c(C#N)c2)c(C)n1C. The predicted molar refractivity (Wildman–Crippen MR) is 79.2 cm³/mol. The van der Waals surface area contributed by atoms with Crippen LogP contribution in [0, 0.1) is 29.9 Å². The summed E-state index contributed by atoms with van der Waals surface area (Å²) in [6.07, 6.45) is 0. The first-order chi connectivity index (χ1) is 10.8. The molecule has 0 aliphatic carbocycles. The van der Waals surface area contributed by atoms with Crippen LogP contribution in [0.1, 0.15) is 39.0 Å². The minimum Gasteiger partial charge on any atom is -0.342 e. The van der Waals surface area contributed by atoms with Crippen LogP contribution < -0.4 is 5.32 Å². The zero-order valence-corrected chi connectivity index (χ0v) is 12.7. The summed E-state index contributed by atoms with van der Waals surface area (Å²) in [5.74, 6) is -2.90. The summed E-state index contributed by atoms with van der Waals surface area (Å²) in [5, 5.41) is 11.2. The molecule has 2 aromatic rings. The Balaban J connectivity index is 2.41. The highest BCUT2D eigenvalue weighted by molar-refractivity contribution is 6.07. The van der Waals surface area contributed by atoms with Gasteiger partial charge in [0, 0.05) is 25.4 Å². The molecule has 1 heterocycles. The van der Waals surface area contributed by atoms with Crippen molar-refractivity contribution in [2.45, 2.75) is 13.8 Å². The maximum absolute atomic E-state index is 14.4. The number of hydrogen-bond acceptors (Lipinski definition) is 3. The first-order valence-corrected chi connectivity index (χ1v) is 6.64. The number of aromatic nitrogens is 1. The molecule has 2 rings (SSSR count). The van der Waals surface area contributed by atoms with E-state index in [-0.39, 0.29) is 28.2 Å². The Bertz CT molecular complexity index is 863. The quantitative estimate of drug-likeness (QED) is 0.884. The molecule has 0 fully saturated rings. The highest BCUT2D eigenvalue weighted by atomic mass is 19.1. The summed E-state index contributed by atoms with van der Waals surface area (Å²) < 4.78 is 28.9. The lowest BCUT2D eigenvalue weighted by atomic mass is 10.1. The Labute approximate surface area is 131 Å². The average Bonchev–Trinajstić information content (AvgIpc) is 2.71. The Kier molecular flexibility index (Phi) is 4.27. The second-order valence-corrected chi connectivity index (χ2v) is 5.00. The van der Waals surface area contributed by atoms with Crippen molar-refractivity contribution in [3.05, 3.63) is 52.3 Å². The molecule has 0 bridgehead atoms. The molecule has 5 nitrogen and oxygen atoms in total. The molecular formula is C16H13F2N3O2. The lowest BCUT2D eigenvalue weighted by Crippen LogP contribution is -2.14. The van der Waals surface area contributed by atoms with E-state index in [0.29, 0.717) is 0 Å². The topological polar surface area (TPSA) is 74.9 Å². The van der Waals surface area contributed by atoms with E-state index in [9.17, 15) is 18.4 Å². The molecule has 0 saturated heterocycles. The number of anilines is 1. The van der Waals surface area contributed by atoms with Crippen molar-refractivity contribution in [3.8, 4) is 6.07 Å². The predicted octanol–water partition coefficient (Wildman–Crippen LogP) is 2.94. The fraction of sp³-hybridized carbons (Fsp3) is 0.188. The third kappa shape index (κ3) is 2.83. The number of nitrogens with zero attached hydrogens (tertiary/aromatic N) is 2. The van der Waals surface area contributed by atoms with Crippen molar-refractivity contribution >= 4 is 17.4 Å². The fourth-order valence-electron chi connectivity index (χ4n) is 2.30. The van der Waals surface area contributed by atoms with Crippen LogP contribution >= 0.6 is 0 Å². The number of hydrogen-bond donors (Lipinski definition) is 1. The third-order valence-electron chi connectivity index (χ3n) is 3.53. The monoisotopic (exact) mass is 317 g/mol. The number of nitrogens with one attached hydrogen (secondary N) is 1. The van der Waals surface area contributed by atoms with Gasteiger partial charge in [0.1, 0.15) is 17.6 Å². The van der Waals surface area contributed by atoms with Crippen molar-refractivity contribution in [3.63, 3.8) is 0 Å². The number of carbonyl (C=O) groups is 2. The van der Waals surface area contributed by atoms with Gasteiger partial charge in [-0.25, -0.2) is 8.78 Å². The van der Waals surface area contributed by atoms with Crippen LogP contribution in [0.2, 0.25) is 0 Å². The Hall–Kier alpha value is -3.01. The molecule has 0 saturated carbocycles. The van der Waals surface area contributed by atoms with E-state index in [1.807, 2.05) is 0 Å². The Morgan fingerprint density at radius 3 is 2.48 bits per heavy atom. The van der Waals surface area contributed by atoms with E-state index in [4.69, 9.17) is 5.26 Å². The van der Waals surface area contributed by atoms with E-state index >= 15 is 0 Å². The minimum absolute atomic E-state index is 0.153. The first-order valence-electron chi connectivity index (χ1n) is 6.64. The van der Waals surface area contributed by atoms with Crippen LogP contribution in [-0.2, 0) is 7.05 Å². The van der Waals surface area contributed by atoms with Gasteiger partial charge in [0.25, 0.3) is 5.91 Å². The van der Waals surface area contributed by atoms with Crippen LogP contribution in [0.4, 0.5) is 14.5 Å². The molecule has 7 heteroatoms. The number of benzene rings is 1. The van der Waals surface area contributed by atoms with Gasteiger partial charge in [0.2, 0.25) is 0 Å². The number of ketones is 1. The number of halogens is 2. The van der Waals surface area contributed by atoms with Crippen molar-refractivity contribution in [1.29, 1.82) is 5.26 Å². The van der Waals surface area contributed by atoms with Crippen molar-refractivity contribution in [1.82, 2.24) is 4.57 Å². The summed E-state index contributed by atoms with van der Waals surface area (Å²) in [7, 11) is 1.48. The molecule has 1 aromatic carbocycles. The molecule has 0 atom stereocenters. The Morgan fingerprint density at radius 1 is 1.30 bits per heavy atom. The van der Waals surface area contributed by atoms with Gasteiger partial charge < -0.3 is 9.88 Å². The number of nitriles is 1. The molecule has 0 unspecified atom stereocenters. The van der Waals surface area contributed by atoms with E-state index in [1.165, 1.54) is 31.5 Å². The standard InChI is InChI=1S/C16H13F2N3O2/c1-8-13(14(18)15(9(2)22)21(8)3)16(23)20-11-4-5-12(17)10(6-11)7-19/h4-6H,1-3H3,(H,20,23). The van der Waals surface area contributed by atoms with Crippen molar-refractivity contribution < 1.29 is 18.4 Å². The second kappa shape index (κ2) is 6.01. The maximum Gasteiger partial charge on any atom is 0.260 e. The summed E-state index contributed by atoms with van der Waals surface area (Å²) in [6.45, 7) is 2.72. The van der Waals surface area contributed by atoms with E-state index in [1.54, 1.807) is 6.07 Å². The molecule has 23 heavy (non-hydrogen) atoms. The average molecular weight is 317 g/mol. The van der Waals surface area contributed by atoms with Gasteiger partial charge in [-0.05, 0) is 25.1 Å². The number of carbonyl (C=O) groups excluding carboxylic acids is 2. The van der Waals surface area contributed by atoms with Crippen LogP contribution in [0.5, 0.6) is 0 Å². The van der Waals surface area contributed by atoms with Gasteiger partial charge in [-0.2, -0.15) is 5.26 Å². The molecular weight excluding hydrogens is 304 g/mol. The normalized spacial score (nSPS) is 10.3. The number of rotatable bonds is 3. The zero-order valence-electron chi connectivity index (χ0n) is 12.7. The summed E-state index contributed by atoms with van der Waals surface area (Å²) >= 11 is 0. The van der Waals surface area contributed by atoms with Crippen LogP contribution in [0.25, 0.3) is 0 Å². The van der Waals surface area contributed by atoms with E-state index < -0.39 is 23.3 Å². The molecule has 0 aliphatic rings. The molecule has 118 valence electrons. The van der Waals surface area contributed by atoms with Gasteiger partial charge in [0.05, 0.1) is 11.1 Å². The van der Waals surface area contributed by atoms with Crippen LogP contribution in [0.3, 0.4) is 0 Å². The number of Topliss-reactive ketones (excluding diaryl/α,β-unsaturated/α-hetero) is 1. The maximum atomic E-state index is 14.4. The lowest BCUT2D eigenvalue weighted by molar-refractivity contribution is 0.100. The molecule has 0 aliphatic heterocycles. The highest BCUT2D eigenvalue weighted by Crippen LogP contribution is 2.22. The lowest BCUT2D eigenvalue weighted by Gasteiger charge is -2.06. The van der Waals surface area contributed by atoms with Gasteiger partial charge in [-0.1, -0.05) is 0 Å². The van der Waals surface area contributed by atoms with Gasteiger partial charge >= 0.3 is 0 Å². The van der Waals surface area contributed by atoms with Crippen molar-refractivity contribution in [2.24, 2.45) is 7.05 Å². The second-order valence-electron chi connectivity index (χ2n) is 5.00. The molecule has 1 aromatic heterocycles. The molecule has 0 radical (unpaired) electrons. The fourth-order valence-corrected chi connectivity index (χ4v) is 2.30. The smallest absolute Gasteiger partial charge is 0.260 e. The summed E-state index contributed by atoms with van der Waals surface area (Å²) in [4.78, 5) is 23.8. The number of amides is 1. The summed E-state index contributed by atoms with van der Waals surface area (Å²) in [5.41, 5.74) is -0.254. The molecule has 0 spiro atoms. The van der Waals surface area contributed by atoms with Crippen molar-refractivity contribution in [2.75, 3.05) is 5.32 Å². The first kappa shape index (κ1) is 16.4. The van der Waals surface area contributed by atoms with Gasteiger partial charge in [-0.15, -0.1) is 0 Å². The Morgan fingerprint density at radius 2 is 1.96 bits per heavy atom. The van der Waals surface area contributed by atoms with Gasteiger partial charge in [-0.3, -0.25) is 9.59 Å². The molecule has 1 N–H and O–H groups in total. The third-order valence-corrected chi connectivity index (χ3v) is 3.53. The minimum atomic E-state index is -0.905. The van der Waals surface area contributed by atoms with Gasteiger partial charge in [0.15, 0.2) is 11.6 Å². The molecule has 1 amide bonds. The van der Waals surface area contributed by atoms with Crippen LogP contribution in [-0.4, -0.2) is 16.3 Å². The van der Waals surface area contributed by atoms with E-state index in [0.717, 1.165) is 12.1 Å². The summed E-state index contributed by atoms with van der Waals surface area (Å²) in [6, 6.07) is 5.09. The highest BCUT2D eigenvalue weighted by Gasteiger charge is 2.26. The largest absolute Gasteiger partial charge is 0.342 e. The zero-order chi connectivity index (χ0) is 17.3. The van der Waals surface area contributed by atoms with E-state index in [2.05, 4.69) is 5.32 Å². The van der Waals surface area contributed by atoms with Crippen LogP contribution in [0.15, 0.2) is 18.2 Å².